The molecule has 6 nitrogen and oxygen atoms in total. The minimum atomic E-state index is -0.252. The summed E-state index contributed by atoms with van der Waals surface area (Å²) in [5, 5.41) is 0. The number of ether oxygens (including phenoxy) is 2. The van der Waals surface area contributed by atoms with E-state index in [-0.39, 0.29) is 11.5 Å². The van der Waals surface area contributed by atoms with Gasteiger partial charge in [-0.25, -0.2) is 4.98 Å². The van der Waals surface area contributed by atoms with Crippen LogP contribution in [0.1, 0.15) is 11.1 Å². The van der Waals surface area contributed by atoms with E-state index in [0.717, 1.165) is 5.56 Å². The Labute approximate surface area is 110 Å². The van der Waals surface area contributed by atoms with Crippen LogP contribution in [-0.4, -0.2) is 24.2 Å². The van der Waals surface area contributed by atoms with Gasteiger partial charge in [-0.2, -0.15) is 0 Å². The fourth-order valence-corrected chi connectivity index (χ4v) is 1.86. The highest BCUT2D eigenvalue weighted by atomic mass is 16.5. The zero-order chi connectivity index (χ0) is 13.8. The van der Waals surface area contributed by atoms with Crippen LogP contribution in [-0.2, 0) is 6.42 Å². The monoisotopic (exact) mass is 261 g/mol. The number of methoxy groups -OCH3 is 2. The van der Waals surface area contributed by atoms with Crippen LogP contribution in [0.3, 0.4) is 0 Å². The first-order valence-electron chi connectivity index (χ1n) is 5.69. The van der Waals surface area contributed by atoms with Crippen LogP contribution in [0.4, 0.5) is 5.95 Å². The first kappa shape index (κ1) is 12.9. The van der Waals surface area contributed by atoms with Gasteiger partial charge >= 0.3 is 0 Å². The second-order valence-corrected chi connectivity index (χ2v) is 3.95. The molecule has 100 valence electrons. The van der Waals surface area contributed by atoms with Gasteiger partial charge < -0.3 is 15.2 Å². The highest BCUT2D eigenvalue weighted by Gasteiger charge is 2.11. The molecule has 2 aromatic rings. The molecule has 0 spiro atoms. The van der Waals surface area contributed by atoms with E-state index in [9.17, 15) is 4.79 Å². The van der Waals surface area contributed by atoms with Gasteiger partial charge in [0.2, 0.25) is 0 Å². The zero-order valence-corrected chi connectivity index (χ0v) is 10.8. The number of aromatic amines is 1. The van der Waals surface area contributed by atoms with Crippen LogP contribution in [0, 0.1) is 0 Å². The van der Waals surface area contributed by atoms with Gasteiger partial charge in [-0.1, -0.05) is 12.1 Å². The lowest BCUT2D eigenvalue weighted by atomic mass is 10.1. The fourth-order valence-electron chi connectivity index (χ4n) is 1.86. The third-order valence-electron chi connectivity index (χ3n) is 2.76. The second-order valence-electron chi connectivity index (χ2n) is 3.95. The second kappa shape index (κ2) is 5.43. The van der Waals surface area contributed by atoms with Gasteiger partial charge in [0.15, 0.2) is 17.4 Å². The SMILES string of the molecule is COc1cccc(Cc2cnc(N)[nH]c2=O)c1OC. The zero-order valence-electron chi connectivity index (χ0n) is 10.8. The number of anilines is 1. The van der Waals surface area contributed by atoms with E-state index in [1.807, 2.05) is 12.1 Å². The highest BCUT2D eigenvalue weighted by molar-refractivity contribution is 5.48. The summed E-state index contributed by atoms with van der Waals surface area (Å²) in [4.78, 5) is 18.1. The number of nitrogens with zero attached hydrogens (tertiary/aromatic N) is 1. The number of H-pyrrole nitrogens is 1. The summed E-state index contributed by atoms with van der Waals surface area (Å²) >= 11 is 0. The van der Waals surface area contributed by atoms with Crippen molar-refractivity contribution in [3.63, 3.8) is 0 Å². The molecule has 3 N–H and O–H groups in total. The van der Waals surface area contributed by atoms with Crippen LogP contribution < -0.4 is 20.8 Å². The molecule has 0 fully saturated rings. The Bertz CT molecular complexity index is 637. The number of nitrogens with one attached hydrogen (secondary N) is 1. The largest absolute Gasteiger partial charge is 0.493 e. The molecule has 19 heavy (non-hydrogen) atoms. The molecule has 0 saturated carbocycles. The van der Waals surface area contributed by atoms with E-state index in [4.69, 9.17) is 15.2 Å². The molecule has 1 aromatic carbocycles. The van der Waals surface area contributed by atoms with E-state index >= 15 is 0 Å². The molecule has 0 atom stereocenters. The van der Waals surface area contributed by atoms with Gasteiger partial charge in [-0.05, 0) is 6.07 Å². The van der Waals surface area contributed by atoms with Crippen molar-refractivity contribution in [3.8, 4) is 11.5 Å². The molecule has 6 heteroatoms. The minimum absolute atomic E-state index is 0.103. The molecule has 1 aromatic heterocycles. The van der Waals surface area contributed by atoms with Crippen molar-refractivity contribution in [2.45, 2.75) is 6.42 Å². The molecular weight excluding hydrogens is 246 g/mol. The quantitative estimate of drug-likeness (QED) is 0.855. The predicted octanol–water partition coefficient (Wildman–Crippen LogP) is 0.960. The Morgan fingerprint density at radius 3 is 2.68 bits per heavy atom. The van der Waals surface area contributed by atoms with Gasteiger partial charge in [0.05, 0.1) is 14.2 Å². The van der Waals surface area contributed by atoms with Crippen molar-refractivity contribution in [2.24, 2.45) is 0 Å². The number of nitrogens with two attached hydrogens (primary N) is 1. The van der Waals surface area contributed by atoms with E-state index in [1.54, 1.807) is 20.3 Å². The van der Waals surface area contributed by atoms with Crippen molar-refractivity contribution in [3.05, 3.63) is 45.9 Å². The van der Waals surface area contributed by atoms with Crippen molar-refractivity contribution >= 4 is 5.95 Å². The molecular formula is C13H15N3O3. The Kier molecular flexibility index (Phi) is 3.70. The Morgan fingerprint density at radius 1 is 1.26 bits per heavy atom. The summed E-state index contributed by atoms with van der Waals surface area (Å²) in [6, 6.07) is 5.51. The summed E-state index contributed by atoms with van der Waals surface area (Å²) in [6.07, 6.45) is 1.86. The van der Waals surface area contributed by atoms with Gasteiger partial charge in [-0.15, -0.1) is 0 Å². The summed E-state index contributed by atoms with van der Waals surface area (Å²) in [6.45, 7) is 0. The molecule has 0 radical (unpaired) electrons. The van der Waals surface area contributed by atoms with Crippen LogP contribution in [0.5, 0.6) is 11.5 Å². The van der Waals surface area contributed by atoms with Crippen molar-refractivity contribution in [1.82, 2.24) is 9.97 Å². The summed E-state index contributed by atoms with van der Waals surface area (Å²) in [5.74, 6) is 1.34. The van der Waals surface area contributed by atoms with Gasteiger partial charge in [0.1, 0.15) is 0 Å². The van der Waals surface area contributed by atoms with Gasteiger partial charge in [0.25, 0.3) is 5.56 Å². The van der Waals surface area contributed by atoms with Crippen molar-refractivity contribution < 1.29 is 9.47 Å². The van der Waals surface area contributed by atoms with E-state index in [0.29, 0.717) is 23.5 Å². The molecule has 0 bridgehead atoms. The summed E-state index contributed by atoms with van der Waals surface area (Å²) in [5.41, 5.74) is 6.52. The van der Waals surface area contributed by atoms with Crippen LogP contribution >= 0.6 is 0 Å². The molecule has 0 amide bonds. The van der Waals surface area contributed by atoms with E-state index < -0.39 is 0 Å². The smallest absolute Gasteiger partial charge is 0.255 e. The highest BCUT2D eigenvalue weighted by Crippen LogP contribution is 2.31. The lowest BCUT2D eigenvalue weighted by Crippen LogP contribution is -2.16. The Hall–Kier alpha value is -2.50. The first-order valence-corrected chi connectivity index (χ1v) is 5.69. The number of benzene rings is 1. The maximum atomic E-state index is 11.8. The number of hydrogen-bond acceptors (Lipinski definition) is 5. The van der Waals surface area contributed by atoms with Gasteiger partial charge in [0, 0.05) is 23.7 Å². The van der Waals surface area contributed by atoms with E-state index in [1.165, 1.54) is 6.20 Å². The summed E-state index contributed by atoms with van der Waals surface area (Å²) < 4.78 is 10.5. The first-order chi connectivity index (χ1) is 9.15. The standard InChI is InChI=1S/C13H15N3O3/c1-18-10-5-3-4-8(11(10)19-2)6-9-7-15-13(14)16-12(9)17/h3-5,7H,6H2,1-2H3,(H3,14,15,16,17). The maximum Gasteiger partial charge on any atom is 0.255 e. The molecule has 0 aliphatic heterocycles. The lowest BCUT2D eigenvalue weighted by Gasteiger charge is -2.12. The molecule has 2 rings (SSSR count). The van der Waals surface area contributed by atoms with E-state index in [2.05, 4.69) is 9.97 Å². The fraction of sp³-hybridized carbons (Fsp3) is 0.231. The number of nitrogen functional groups attached to an aromatic ring is 1. The van der Waals surface area contributed by atoms with Crippen LogP contribution in [0.15, 0.2) is 29.2 Å². The third-order valence-corrected chi connectivity index (χ3v) is 2.76. The molecule has 0 aliphatic rings. The average molecular weight is 261 g/mol. The molecule has 1 heterocycles. The van der Waals surface area contributed by atoms with Gasteiger partial charge in [-0.3, -0.25) is 9.78 Å². The number of aromatic nitrogens is 2. The van der Waals surface area contributed by atoms with Crippen LogP contribution in [0.25, 0.3) is 0 Å². The van der Waals surface area contributed by atoms with Crippen molar-refractivity contribution in [2.75, 3.05) is 20.0 Å². The van der Waals surface area contributed by atoms with Crippen LogP contribution in [0.2, 0.25) is 0 Å². The molecule has 0 saturated heterocycles. The number of para-hydroxylation sites is 1. The number of rotatable bonds is 4. The average Bonchev–Trinajstić information content (AvgIpc) is 2.41. The minimum Gasteiger partial charge on any atom is -0.493 e. The summed E-state index contributed by atoms with van der Waals surface area (Å²) in [7, 11) is 3.13. The molecule has 0 unspecified atom stereocenters. The normalized spacial score (nSPS) is 10.2. The lowest BCUT2D eigenvalue weighted by molar-refractivity contribution is 0.352. The Balaban J connectivity index is 2.40. The molecule has 0 aliphatic carbocycles. The maximum absolute atomic E-state index is 11.8. The third kappa shape index (κ3) is 2.67. The Morgan fingerprint density at radius 2 is 2.05 bits per heavy atom. The number of hydrogen-bond donors (Lipinski definition) is 2. The predicted molar refractivity (Wildman–Crippen MR) is 71.6 cm³/mol. The van der Waals surface area contributed by atoms with Crippen molar-refractivity contribution in [1.29, 1.82) is 0 Å². The topological polar surface area (TPSA) is 90.2 Å².